The largest absolute Gasteiger partial charge is 0.489 e. The van der Waals surface area contributed by atoms with E-state index in [1.54, 1.807) is 25.4 Å². The second kappa shape index (κ2) is 25.0. The van der Waals surface area contributed by atoms with Crippen LogP contribution in [-0.4, -0.2) is 170 Å². The second-order valence-electron chi connectivity index (χ2n) is 24.8. The third kappa shape index (κ3) is 13.0. The number of rotatable bonds is 22. The van der Waals surface area contributed by atoms with Crippen LogP contribution < -0.4 is 26.0 Å². The molecule has 6 aromatic rings. The van der Waals surface area contributed by atoms with Crippen LogP contribution in [0.5, 0.6) is 5.75 Å². The molecular formula is C62H73N9O16S. The monoisotopic (exact) mass is 1230 g/mol. The average Bonchev–Trinajstić information content (AvgIpc) is 2.42. The number of para-hydroxylation sites is 1. The van der Waals surface area contributed by atoms with Crippen LogP contribution in [0.4, 0.5) is 26.2 Å². The van der Waals surface area contributed by atoms with Gasteiger partial charge >= 0.3 is 24.1 Å². The van der Waals surface area contributed by atoms with E-state index in [1.807, 2.05) is 65.0 Å². The number of benzene rings is 3. The van der Waals surface area contributed by atoms with Crippen molar-refractivity contribution < 1.29 is 77.9 Å². The highest BCUT2D eigenvalue weighted by molar-refractivity contribution is 7.22. The minimum Gasteiger partial charge on any atom is -0.489 e. The SMILES string of the molecule is Cc1c(-c2ccc(N3CCc4cccc(C(=O)Nc5nc6ccccc6s5)c4C3)nc2C(=O)O)cnn1CC12CC3(C)CC(C)(C1)CC(OCCN(C)C(=O)OCc1ccc(NC(=O)O[C@@H]4O[C@H](C(=O)O)[C@@H](O)[C@H](O)[C@H]4O)c(OCCOCCN)c1)(C3)C2. The van der Waals surface area contributed by atoms with E-state index in [0.717, 1.165) is 65.6 Å². The topological polar surface area (TPSA) is 342 Å². The Morgan fingerprint density at radius 1 is 0.852 bits per heavy atom. The van der Waals surface area contributed by atoms with Crippen LogP contribution in [0.15, 0.2) is 79.0 Å². The van der Waals surface area contributed by atoms with Gasteiger partial charge in [0.25, 0.3) is 5.91 Å². The molecule has 7 atom stereocenters. The molecule has 2 unspecified atom stereocenters. The van der Waals surface area contributed by atoms with Gasteiger partial charge in [0.2, 0.25) is 6.29 Å². The summed E-state index contributed by atoms with van der Waals surface area (Å²) in [6.07, 6.45) is -3.77. The first-order chi connectivity index (χ1) is 42.0. The van der Waals surface area contributed by atoms with Gasteiger partial charge in [-0.3, -0.25) is 20.1 Å². The van der Waals surface area contributed by atoms with Gasteiger partial charge in [0.15, 0.2) is 16.9 Å². The average molecular weight is 1230 g/mol. The van der Waals surface area contributed by atoms with Gasteiger partial charge in [-0.1, -0.05) is 55.5 Å². The van der Waals surface area contributed by atoms with Crippen LogP contribution in [0, 0.1) is 23.2 Å². The second-order valence-corrected chi connectivity index (χ2v) is 25.8. The number of carboxylic acid groups (broad SMARTS) is 2. The van der Waals surface area contributed by atoms with Crippen LogP contribution in [0.2, 0.25) is 0 Å². The number of pyridine rings is 1. The number of aliphatic hydroxyl groups excluding tert-OH is 3. The molecule has 468 valence electrons. The van der Waals surface area contributed by atoms with E-state index in [0.29, 0.717) is 59.3 Å². The number of aliphatic carboxylic acids is 1. The van der Waals surface area contributed by atoms with E-state index in [4.69, 9.17) is 44.2 Å². The van der Waals surface area contributed by atoms with Gasteiger partial charge in [0.1, 0.15) is 43.1 Å². The molecule has 3 amide bonds. The van der Waals surface area contributed by atoms with Crippen molar-refractivity contribution in [2.24, 2.45) is 22.0 Å². The fourth-order valence-corrected chi connectivity index (χ4v) is 15.7. The molecule has 0 spiro atoms. The number of aromatic carboxylic acids is 1. The zero-order chi connectivity index (χ0) is 62.3. The van der Waals surface area contributed by atoms with Crippen molar-refractivity contribution in [1.82, 2.24) is 24.6 Å². The van der Waals surface area contributed by atoms with Crippen molar-refractivity contribution in [2.45, 2.75) is 122 Å². The molecule has 12 rings (SSSR count). The van der Waals surface area contributed by atoms with E-state index in [-0.39, 0.29) is 85.4 Å². The molecule has 3 aromatic heterocycles. The van der Waals surface area contributed by atoms with Gasteiger partial charge in [0, 0.05) is 62.2 Å². The van der Waals surface area contributed by atoms with E-state index >= 15 is 0 Å². The highest BCUT2D eigenvalue weighted by Gasteiger charge is 2.66. The molecule has 1 saturated heterocycles. The van der Waals surface area contributed by atoms with Gasteiger partial charge in [-0.05, 0) is 127 Å². The van der Waals surface area contributed by atoms with Crippen LogP contribution in [0.1, 0.15) is 95.6 Å². The summed E-state index contributed by atoms with van der Waals surface area (Å²) in [4.78, 5) is 77.8. The highest BCUT2D eigenvalue weighted by atomic mass is 32.1. The maximum absolute atomic E-state index is 13.8. The van der Waals surface area contributed by atoms with Crippen LogP contribution in [0.3, 0.4) is 0 Å². The number of likely N-dealkylation sites (N-methyl/N-ethyl adjacent to an activating group) is 1. The van der Waals surface area contributed by atoms with Gasteiger partial charge in [-0.25, -0.2) is 29.1 Å². The molecule has 5 heterocycles. The number of aromatic nitrogens is 4. The number of aliphatic hydroxyl groups is 3. The summed E-state index contributed by atoms with van der Waals surface area (Å²) in [5, 5.41) is 61.5. The highest BCUT2D eigenvalue weighted by Crippen LogP contribution is 2.72. The number of hydrogen-bond donors (Lipinski definition) is 8. The fraction of sp³-hybridized carbons (Fsp3) is 0.484. The smallest absolute Gasteiger partial charge is 0.414 e. The molecule has 88 heavy (non-hydrogen) atoms. The third-order valence-electron chi connectivity index (χ3n) is 17.5. The number of carboxylic acids is 2. The van der Waals surface area contributed by atoms with Crippen molar-refractivity contribution in [3.8, 4) is 16.9 Å². The first-order valence-electron chi connectivity index (χ1n) is 29.3. The normalized spacial score (nSPS) is 26.1. The number of ether oxygens (including phenoxy) is 6. The maximum atomic E-state index is 13.8. The Hall–Kier alpha value is -7.82. The summed E-state index contributed by atoms with van der Waals surface area (Å²) in [7, 11) is 1.63. The third-order valence-corrected chi connectivity index (χ3v) is 18.5. The number of carbonyl (C=O) groups is 5. The Morgan fingerprint density at radius 3 is 2.39 bits per heavy atom. The van der Waals surface area contributed by atoms with Gasteiger partial charge in [-0.2, -0.15) is 5.10 Å². The van der Waals surface area contributed by atoms with E-state index < -0.39 is 60.4 Å². The summed E-state index contributed by atoms with van der Waals surface area (Å²) in [5.74, 6) is -2.47. The predicted molar refractivity (Wildman–Crippen MR) is 320 cm³/mol. The Kier molecular flexibility index (Phi) is 17.5. The molecule has 4 saturated carbocycles. The van der Waals surface area contributed by atoms with Gasteiger partial charge < -0.3 is 69.5 Å². The molecule has 4 bridgehead atoms. The zero-order valence-corrected chi connectivity index (χ0v) is 50.1. The number of nitrogens with two attached hydrogens (primary N) is 1. The molecule has 0 radical (unpaired) electrons. The minimum atomic E-state index is -1.99. The fourth-order valence-electron chi connectivity index (χ4n) is 14.8. The molecule has 2 aliphatic heterocycles. The van der Waals surface area contributed by atoms with E-state index in [2.05, 4.69) is 29.5 Å². The number of hydrogen-bond acceptors (Lipinski definition) is 20. The predicted octanol–water partition coefficient (Wildman–Crippen LogP) is 6.58. The quantitative estimate of drug-likeness (QED) is 0.0333. The number of nitrogens with zero attached hydrogens (tertiary/aromatic N) is 6. The Balaban J connectivity index is 0.717. The Morgan fingerprint density at radius 2 is 1.64 bits per heavy atom. The standard InChI is InChI=1S/C62H73N9O16S/c1-35-40(38-13-15-46(67-47(38)53(76)77)70-18-16-37-8-7-9-39(41(37)26-70)52(75)68-56-65-43-10-5-6-11-45(43)88-56)25-64-71(35)34-61-29-59(2)28-60(3,30-61)32-62(31-59,33-61)85-21-19-69(4)58(81)84-27-36-12-14-42(44(24-36)83-23-22-82-20-17-63)66-57(80)87-55-50(74)48(72)49(73)51(86-55)54(78)79/h5-15,24-25,48-51,55,72-74H,16-23,26-34,63H2,1-4H3,(H,66,80)(H,76,77)(H,78,79)(H,65,68,75)/t48-,49-,50+,51-,55-,59?,60?,61?,62?/m0/s1. The summed E-state index contributed by atoms with van der Waals surface area (Å²) in [6.45, 7) is 9.26. The number of amides is 3. The van der Waals surface area contributed by atoms with Gasteiger partial charge in [0.05, 0.1) is 47.5 Å². The summed E-state index contributed by atoms with van der Waals surface area (Å²) in [5.41, 5.74) is 10.6. The van der Waals surface area contributed by atoms with E-state index in [9.17, 15) is 49.5 Å². The first kappa shape index (κ1) is 61.8. The lowest BCUT2D eigenvalue weighted by Crippen LogP contribution is -2.64. The van der Waals surface area contributed by atoms with Crippen LogP contribution in [-0.2, 0) is 54.6 Å². The summed E-state index contributed by atoms with van der Waals surface area (Å²) >= 11 is 1.41. The maximum Gasteiger partial charge on any atom is 0.414 e. The van der Waals surface area contributed by atoms with E-state index in [1.165, 1.54) is 28.4 Å². The molecule has 5 fully saturated rings. The van der Waals surface area contributed by atoms with Gasteiger partial charge in [-0.15, -0.1) is 0 Å². The van der Waals surface area contributed by atoms with Crippen molar-refractivity contribution in [1.29, 1.82) is 0 Å². The zero-order valence-electron chi connectivity index (χ0n) is 49.3. The lowest BCUT2D eigenvalue weighted by molar-refractivity contribution is -0.277. The molecule has 3 aromatic carbocycles. The van der Waals surface area contributed by atoms with Crippen molar-refractivity contribution in [3.05, 3.63) is 113 Å². The number of nitrogens with one attached hydrogen (secondary N) is 2. The first-order valence-corrected chi connectivity index (χ1v) is 30.1. The molecular weight excluding hydrogens is 1160 g/mol. The molecule has 25 nitrogen and oxygen atoms in total. The molecule has 6 aliphatic rings. The van der Waals surface area contributed by atoms with Crippen molar-refractivity contribution in [3.63, 3.8) is 0 Å². The Labute approximate surface area is 510 Å². The minimum absolute atomic E-state index is 0.0121. The van der Waals surface area contributed by atoms with Crippen molar-refractivity contribution >= 4 is 68.2 Å². The lowest BCUT2D eigenvalue weighted by atomic mass is 9.39. The summed E-state index contributed by atoms with van der Waals surface area (Å²) in [6, 6.07) is 21.6. The lowest BCUT2D eigenvalue weighted by Gasteiger charge is -2.69. The number of fused-ring (bicyclic) bond motifs is 2. The number of thiazole rings is 1. The Bertz CT molecular complexity index is 3580. The molecule has 26 heteroatoms. The summed E-state index contributed by atoms with van der Waals surface area (Å²) < 4.78 is 37.1. The number of carbonyl (C=O) groups excluding carboxylic acids is 3. The molecule has 9 N–H and O–H groups in total. The molecule has 4 aliphatic carbocycles. The number of anilines is 3. The van der Waals surface area contributed by atoms with Crippen molar-refractivity contribution in [2.75, 3.05) is 68.6 Å². The van der Waals surface area contributed by atoms with Crippen LogP contribution in [0.25, 0.3) is 21.3 Å². The van der Waals surface area contributed by atoms with Crippen LogP contribution >= 0.6 is 11.3 Å².